The first kappa shape index (κ1) is 15.7. The third-order valence-corrected chi connectivity index (χ3v) is 5.72. The average molecular weight is 345 g/mol. The van der Waals surface area contributed by atoms with Crippen molar-refractivity contribution in [3.05, 3.63) is 27.7 Å². The fourth-order valence-electron chi connectivity index (χ4n) is 3.20. The van der Waals surface area contributed by atoms with Gasteiger partial charge in [0.25, 0.3) is 5.91 Å². The van der Waals surface area contributed by atoms with Gasteiger partial charge in [0.2, 0.25) is 0 Å². The number of carbonyl (C=O) groups excluding carboxylic acids is 1. The van der Waals surface area contributed by atoms with E-state index in [1.807, 2.05) is 5.38 Å². The van der Waals surface area contributed by atoms with Crippen LogP contribution in [0.4, 0.5) is 0 Å². The predicted molar refractivity (Wildman–Crippen MR) is 92.4 cm³/mol. The summed E-state index contributed by atoms with van der Waals surface area (Å²) < 4.78 is 2.28. The van der Waals surface area contributed by atoms with Gasteiger partial charge in [0.1, 0.15) is 11.6 Å². The predicted octanol–water partition coefficient (Wildman–Crippen LogP) is 2.87. The van der Waals surface area contributed by atoms with E-state index in [4.69, 9.17) is 0 Å². The molecule has 128 valence electrons. The van der Waals surface area contributed by atoms with Crippen LogP contribution in [0.2, 0.25) is 0 Å². The number of hydrogen-bond acceptors (Lipinski definition) is 5. The van der Waals surface area contributed by atoms with Crippen LogP contribution in [-0.4, -0.2) is 31.7 Å². The van der Waals surface area contributed by atoms with Crippen molar-refractivity contribution >= 4 is 17.2 Å². The first-order valence-electron chi connectivity index (χ1n) is 8.80. The van der Waals surface area contributed by atoms with E-state index in [2.05, 4.69) is 38.9 Å². The van der Waals surface area contributed by atoms with Crippen molar-refractivity contribution in [3.63, 3.8) is 0 Å². The van der Waals surface area contributed by atoms with E-state index in [1.165, 1.54) is 24.2 Å². The zero-order valence-electron chi connectivity index (χ0n) is 14.2. The standard InChI is InChI=1S/C17H23N5OS/c1-10(2)13-9-24-17(19-13)16(23)18-12-5-6-14-20-21-15(11-3-4-11)22(14)8-7-12/h9-12H,3-8H2,1-2H3,(H,18,23). The number of amides is 1. The van der Waals surface area contributed by atoms with Crippen LogP contribution >= 0.6 is 11.3 Å². The van der Waals surface area contributed by atoms with Crippen molar-refractivity contribution in [1.29, 1.82) is 0 Å². The molecule has 1 unspecified atom stereocenters. The topological polar surface area (TPSA) is 72.7 Å². The van der Waals surface area contributed by atoms with Crippen LogP contribution in [0, 0.1) is 0 Å². The first-order chi connectivity index (χ1) is 11.6. The summed E-state index contributed by atoms with van der Waals surface area (Å²) in [4.78, 5) is 16.9. The Hall–Kier alpha value is -1.76. The highest BCUT2D eigenvalue weighted by molar-refractivity contribution is 7.11. The summed E-state index contributed by atoms with van der Waals surface area (Å²) in [6.45, 7) is 5.08. The molecule has 6 nitrogen and oxygen atoms in total. The monoisotopic (exact) mass is 345 g/mol. The number of carbonyl (C=O) groups is 1. The molecule has 1 fully saturated rings. The Morgan fingerprint density at radius 2 is 2.12 bits per heavy atom. The van der Waals surface area contributed by atoms with Crippen molar-refractivity contribution < 1.29 is 4.79 Å². The second kappa shape index (κ2) is 6.27. The largest absolute Gasteiger partial charge is 0.347 e. The highest BCUT2D eigenvalue weighted by Crippen LogP contribution is 2.39. The molecule has 1 N–H and O–H groups in total. The van der Waals surface area contributed by atoms with Crippen LogP contribution in [0.25, 0.3) is 0 Å². The SMILES string of the molecule is CC(C)c1csc(C(=O)NC2CCc3nnc(C4CC4)n3CC2)n1. The van der Waals surface area contributed by atoms with Gasteiger partial charge < -0.3 is 9.88 Å². The Kier molecular flexibility index (Phi) is 4.12. The van der Waals surface area contributed by atoms with E-state index in [0.717, 1.165) is 43.1 Å². The van der Waals surface area contributed by atoms with Gasteiger partial charge in [-0.25, -0.2) is 4.98 Å². The number of rotatable bonds is 4. The summed E-state index contributed by atoms with van der Waals surface area (Å²) in [5, 5.41) is 14.5. The zero-order valence-corrected chi connectivity index (χ0v) is 15.0. The quantitative estimate of drug-likeness (QED) is 0.925. The lowest BCUT2D eigenvalue weighted by molar-refractivity contribution is 0.0932. The van der Waals surface area contributed by atoms with Crippen molar-refractivity contribution in [3.8, 4) is 0 Å². The van der Waals surface area contributed by atoms with Gasteiger partial charge in [0, 0.05) is 30.3 Å². The third kappa shape index (κ3) is 3.09. The van der Waals surface area contributed by atoms with E-state index in [1.54, 1.807) is 0 Å². The van der Waals surface area contributed by atoms with Crippen LogP contribution in [0.15, 0.2) is 5.38 Å². The molecule has 1 aliphatic heterocycles. The van der Waals surface area contributed by atoms with Crippen molar-refractivity contribution in [2.75, 3.05) is 0 Å². The molecule has 2 aromatic heterocycles. The van der Waals surface area contributed by atoms with E-state index < -0.39 is 0 Å². The highest BCUT2D eigenvalue weighted by atomic mass is 32.1. The molecule has 4 rings (SSSR count). The summed E-state index contributed by atoms with van der Waals surface area (Å²) in [7, 11) is 0. The number of aryl methyl sites for hydroxylation is 1. The van der Waals surface area contributed by atoms with Crippen LogP contribution in [0.3, 0.4) is 0 Å². The van der Waals surface area contributed by atoms with Gasteiger partial charge in [0.05, 0.1) is 5.69 Å². The number of thiazole rings is 1. The molecule has 1 aliphatic carbocycles. The number of hydrogen-bond donors (Lipinski definition) is 1. The number of fused-ring (bicyclic) bond motifs is 1. The van der Waals surface area contributed by atoms with Crippen molar-refractivity contribution in [2.24, 2.45) is 0 Å². The molecular weight excluding hydrogens is 322 g/mol. The van der Waals surface area contributed by atoms with Crippen LogP contribution < -0.4 is 5.32 Å². The van der Waals surface area contributed by atoms with E-state index in [0.29, 0.717) is 16.8 Å². The van der Waals surface area contributed by atoms with Gasteiger partial charge in [-0.1, -0.05) is 13.8 Å². The van der Waals surface area contributed by atoms with E-state index in [-0.39, 0.29) is 11.9 Å². The molecule has 0 bridgehead atoms. The normalized spacial score (nSPS) is 20.7. The average Bonchev–Trinajstić information content (AvgIpc) is 3.19. The minimum Gasteiger partial charge on any atom is -0.347 e. The second-order valence-corrected chi connectivity index (χ2v) is 7.99. The maximum atomic E-state index is 12.5. The Bertz CT molecular complexity index is 746. The summed E-state index contributed by atoms with van der Waals surface area (Å²) in [5.41, 5.74) is 0.992. The Morgan fingerprint density at radius 1 is 1.29 bits per heavy atom. The number of nitrogens with zero attached hydrogens (tertiary/aromatic N) is 4. The lowest BCUT2D eigenvalue weighted by Gasteiger charge is -2.15. The number of aromatic nitrogens is 4. The van der Waals surface area contributed by atoms with Gasteiger partial charge in [-0.2, -0.15) is 0 Å². The van der Waals surface area contributed by atoms with Crippen LogP contribution in [-0.2, 0) is 13.0 Å². The highest BCUT2D eigenvalue weighted by Gasteiger charge is 2.31. The minimum atomic E-state index is -0.0445. The van der Waals surface area contributed by atoms with Crippen LogP contribution in [0.1, 0.15) is 78.5 Å². The smallest absolute Gasteiger partial charge is 0.280 e. The third-order valence-electron chi connectivity index (χ3n) is 4.86. The molecule has 2 aromatic rings. The summed E-state index contributed by atoms with van der Waals surface area (Å²) in [5.74, 6) is 3.15. The Labute approximate surface area is 145 Å². The minimum absolute atomic E-state index is 0.0445. The Morgan fingerprint density at radius 3 is 2.83 bits per heavy atom. The fourth-order valence-corrected chi connectivity index (χ4v) is 4.08. The molecule has 1 atom stereocenters. The zero-order chi connectivity index (χ0) is 16.7. The molecule has 1 amide bonds. The van der Waals surface area contributed by atoms with Crippen molar-refractivity contribution in [1.82, 2.24) is 25.1 Å². The van der Waals surface area contributed by atoms with Gasteiger partial charge in [0.15, 0.2) is 5.01 Å². The number of nitrogens with one attached hydrogen (secondary N) is 1. The summed E-state index contributed by atoms with van der Waals surface area (Å²) in [6.07, 6.45) is 5.19. The first-order valence-corrected chi connectivity index (χ1v) is 9.68. The Balaban J connectivity index is 1.40. The molecule has 2 aliphatic rings. The van der Waals surface area contributed by atoms with Gasteiger partial charge in [-0.3, -0.25) is 4.79 Å². The molecule has 7 heteroatoms. The maximum absolute atomic E-state index is 12.5. The lowest BCUT2D eigenvalue weighted by Crippen LogP contribution is -2.35. The van der Waals surface area contributed by atoms with Gasteiger partial charge >= 0.3 is 0 Å². The summed E-state index contributed by atoms with van der Waals surface area (Å²) >= 11 is 1.43. The molecule has 0 radical (unpaired) electrons. The van der Waals surface area contributed by atoms with Crippen LogP contribution in [0.5, 0.6) is 0 Å². The summed E-state index contributed by atoms with van der Waals surface area (Å²) in [6, 6.07) is 0.178. The second-order valence-electron chi connectivity index (χ2n) is 7.13. The van der Waals surface area contributed by atoms with E-state index >= 15 is 0 Å². The molecule has 1 saturated carbocycles. The fraction of sp³-hybridized carbons (Fsp3) is 0.647. The molecule has 24 heavy (non-hydrogen) atoms. The maximum Gasteiger partial charge on any atom is 0.280 e. The lowest BCUT2D eigenvalue weighted by atomic mass is 10.1. The van der Waals surface area contributed by atoms with E-state index in [9.17, 15) is 4.79 Å². The molecular formula is C17H23N5OS. The van der Waals surface area contributed by atoms with Crippen molar-refractivity contribution in [2.45, 2.75) is 70.4 Å². The molecule has 0 saturated heterocycles. The van der Waals surface area contributed by atoms with Gasteiger partial charge in [-0.15, -0.1) is 21.5 Å². The molecule has 3 heterocycles. The molecule has 0 spiro atoms. The van der Waals surface area contributed by atoms with Gasteiger partial charge in [-0.05, 0) is 31.6 Å². The molecule has 0 aromatic carbocycles.